The molecule has 1 aliphatic rings. The van der Waals surface area contributed by atoms with Crippen molar-refractivity contribution in [3.05, 3.63) is 24.0 Å². The normalized spacial score (nSPS) is 24.3. The predicted molar refractivity (Wildman–Crippen MR) is 66.9 cm³/mol. The average Bonchev–Trinajstić information content (AvgIpc) is 2.29. The maximum Gasteiger partial charge on any atom is 0.267 e. The number of amides is 1. The molecule has 2 atom stereocenters. The number of primary amides is 1. The molecule has 4 N–H and O–H groups in total. The Hall–Kier alpha value is -1.62. The summed E-state index contributed by atoms with van der Waals surface area (Å²) >= 11 is 0. The van der Waals surface area contributed by atoms with Crippen molar-refractivity contribution in [2.75, 3.05) is 11.9 Å². The number of nitrogens with zero attached hydrogens (tertiary/aromatic N) is 1. The summed E-state index contributed by atoms with van der Waals surface area (Å²) < 4.78 is 0. The van der Waals surface area contributed by atoms with Crippen molar-refractivity contribution in [1.29, 1.82) is 0 Å². The van der Waals surface area contributed by atoms with E-state index in [1.807, 2.05) is 6.07 Å². The Kier molecular flexibility index (Phi) is 3.58. The van der Waals surface area contributed by atoms with Gasteiger partial charge in [-0.2, -0.15) is 0 Å². The van der Waals surface area contributed by atoms with Crippen LogP contribution in [0.3, 0.4) is 0 Å². The number of anilines is 1. The van der Waals surface area contributed by atoms with Crippen LogP contribution in [0.2, 0.25) is 0 Å². The van der Waals surface area contributed by atoms with Gasteiger partial charge in [-0.1, -0.05) is 0 Å². The van der Waals surface area contributed by atoms with E-state index in [1.54, 1.807) is 12.3 Å². The van der Waals surface area contributed by atoms with E-state index in [0.29, 0.717) is 17.8 Å². The fourth-order valence-electron chi connectivity index (χ4n) is 2.15. The maximum atomic E-state index is 11.0. The lowest BCUT2D eigenvalue weighted by molar-refractivity contribution is 0.0995. The minimum absolute atomic E-state index is 0.303. The highest BCUT2D eigenvalue weighted by atomic mass is 16.1. The summed E-state index contributed by atoms with van der Waals surface area (Å²) in [6.07, 6.45) is 3.76. The second-order valence-corrected chi connectivity index (χ2v) is 4.51. The molecule has 1 aromatic heterocycles. The van der Waals surface area contributed by atoms with Gasteiger partial charge in [-0.05, 0) is 38.4 Å². The quantitative estimate of drug-likeness (QED) is 0.720. The minimum atomic E-state index is -0.493. The summed E-state index contributed by atoms with van der Waals surface area (Å²) in [7, 11) is 0. The fraction of sp³-hybridized carbons (Fsp3) is 0.500. The summed E-state index contributed by atoms with van der Waals surface area (Å²) in [5.41, 5.74) is 6.41. The summed E-state index contributed by atoms with van der Waals surface area (Å²) in [5, 5.41) is 6.82. The van der Waals surface area contributed by atoms with E-state index in [-0.39, 0.29) is 0 Å². The molecule has 5 nitrogen and oxygen atoms in total. The Balaban J connectivity index is 2.02. The Morgan fingerprint density at radius 3 is 3.18 bits per heavy atom. The lowest BCUT2D eigenvalue weighted by Gasteiger charge is -2.29. The van der Waals surface area contributed by atoms with Crippen LogP contribution in [0.4, 0.5) is 5.69 Å². The van der Waals surface area contributed by atoms with Crippen LogP contribution >= 0.6 is 0 Å². The van der Waals surface area contributed by atoms with Crippen LogP contribution in [0, 0.1) is 0 Å². The van der Waals surface area contributed by atoms with E-state index < -0.39 is 5.91 Å². The molecule has 0 aromatic carbocycles. The third-order valence-corrected chi connectivity index (χ3v) is 3.01. The van der Waals surface area contributed by atoms with E-state index in [9.17, 15) is 4.79 Å². The van der Waals surface area contributed by atoms with E-state index in [2.05, 4.69) is 22.5 Å². The maximum absolute atomic E-state index is 11.0. The third-order valence-electron chi connectivity index (χ3n) is 3.01. The first-order chi connectivity index (χ1) is 8.15. The van der Waals surface area contributed by atoms with Crippen molar-refractivity contribution < 1.29 is 4.79 Å². The molecule has 17 heavy (non-hydrogen) atoms. The van der Waals surface area contributed by atoms with Gasteiger partial charge in [-0.15, -0.1) is 0 Å². The molecule has 0 spiro atoms. The molecule has 2 rings (SSSR count). The van der Waals surface area contributed by atoms with Crippen LogP contribution in [-0.2, 0) is 0 Å². The molecule has 92 valence electrons. The number of nitrogens with two attached hydrogens (primary N) is 1. The molecule has 5 heteroatoms. The first-order valence-electron chi connectivity index (χ1n) is 5.91. The number of aromatic nitrogens is 1. The highest BCUT2D eigenvalue weighted by Gasteiger charge is 2.18. The van der Waals surface area contributed by atoms with Gasteiger partial charge in [0.05, 0.1) is 0 Å². The van der Waals surface area contributed by atoms with Gasteiger partial charge < -0.3 is 16.4 Å². The molecular formula is C12H18N4O. The standard InChI is InChI=1S/C12H18N4O/c1-8-6-9(2-4-14-8)16-10-3-5-15-11(7-10)12(13)17/h3,5,7-9,14H,2,4,6H2,1H3,(H2,13,17)(H,15,16). The zero-order chi connectivity index (χ0) is 12.3. The Morgan fingerprint density at radius 1 is 1.65 bits per heavy atom. The van der Waals surface area contributed by atoms with Crippen LogP contribution in [0.5, 0.6) is 0 Å². The number of hydrogen-bond acceptors (Lipinski definition) is 4. The number of nitrogens with one attached hydrogen (secondary N) is 2. The van der Waals surface area contributed by atoms with Crippen molar-refractivity contribution in [1.82, 2.24) is 10.3 Å². The topological polar surface area (TPSA) is 80.0 Å². The zero-order valence-electron chi connectivity index (χ0n) is 9.94. The van der Waals surface area contributed by atoms with Crippen LogP contribution in [0.15, 0.2) is 18.3 Å². The molecule has 2 heterocycles. The molecule has 1 aliphatic heterocycles. The number of carbonyl (C=O) groups excluding carboxylic acids is 1. The number of carbonyl (C=O) groups is 1. The molecule has 0 bridgehead atoms. The first kappa shape index (κ1) is 11.9. The lowest BCUT2D eigenvalue weighted by Crippen LogP contribution is -2.41. The van der Waals surface area contributed by atoms with Crippen molar-refractivity contribution in [2.45, 2.75) is 31.8 Å². The van der Waals surface area contributed by atoms with Gasteiger partial charge in [0.1, 0.15) is 5.69 Å². The lowest BCUT2D eigenvalue weighted by atomic mass is 10.0. The van der Waals surface area contributed by atoms with Crippen molar-refractivity contribution in [2.24, 2.45) is 5.73 Å². The second-order valence-electron chi connectivity index (χ2n) is 4.51. The zero-order valence-corrected chi connectivity index (χ0v) is 9.94. The van der Waals surface area contributed by atoms with Gasteiger partial charge in [0.15, 0.2) is 0 Å². The van der Waals surface area contributed by atoms with Gasteiger partial charge in [-0.25, -0.2) is 0 Å². The smallest absolute Gasteiger partial charge is 0.267 e. The van der Waals surface area contributed by atoms with Gasteiger partial charge in [-0.3, -0.25) is 9.78 Å². The number of hydrogen-bond donors (Lipinski definition) is 3. The van der Waals surface area contributed by atoms with E-state index >= 15 is 0 Å². The van der Waals surface area contributed by atoms with E-state index in [0.717, 1.165) is 25.1 Å². The minimum Gasteiger partial charge on any atom is -0.382 e. The Labute approximate surface area is 101 Å². The van der Waals surface area contributed by atoms with Crippen molar-refractivity contribution in [3.8, 4) is 0 Å². The third kappa shape index (κ3) is 3.17. The first-order valence-corrected chi connectivity index (χ1v) is 5.91. The number of pyridine rings is 1. The summed E-state index contributed by atoms with van der Waals surface area (Å²) in [6, 6.07) is 4.53. The largest absolute Gasteiger partial charge is 0.382 e. The highest BCUT2D eigenvalue weighted by molar-refractivity contribution is 5.91. The summed E-state index contributed by atoms with van der Waals surface area (Å²) in [5.74, 6) is -0.493. The van der Waals surface area contributed by atoms with Gasteiger partial charge in [0, 0.05) is 24.0 Å². The molecular weight excluding hydrogens is 216 g/mol. The van der Waals surface area contributed by atoms with Crippen LogP contribution in [0.25, 0.3) is 0 Å². The average molecular weight is 234 g/mol. The van der Waals surface area contributed by atoms with Crippen LogP contribution in [0.1, 0.15) is 30.3 Å². The van der Waals surface area contributed by atoms with Gasteiger partial charge in [0.2, 0.25) is 0 Å². The monoisotopic (exact) mass is 234 g/mol. The predicted octanol–water partition coefficient (Wildman–Crippen LogP) is 0.733. The molecule has 1 fully saturated rings. The molecule has 0 aliphatic carbocycles. The fourth-order valence-corrected chi connectivity index (χ4v) is 2.15. The number of rotatable bonds is 3. The van der Waals surface area contributed by atoms with Crippen LogP contribution in [-0.4, -0.2) is 29.5 Å². The van der Waals surface area contributed by atoms with Crippen LogP contribution < -0.4 is 16.4 Å². The van der Waals surface area contributed by atoms with E-state index in [4.69, 9.17) is 5.73 Å². The molecule has 0 radical (unpaired) electrons. The molecule has 0 saturated carbocycles. The van der Waals surface area contributed by atoms with Gasteiger partial charge >= 0.3 is 0 Å². The van der Waals surface area contributed by atoms with E-state index in [1.165, 1.54) is 0 Å². The number of piperidine rings is 1. The summed E-state index contributed by atoms with van der Waals surface area (Å²) in [4.78, 5) is 14.9. The second kappa shape index (κ2) is 5.14. The molecule has 1 aromatic rings. The van der Waals surface area contributed by atoms with Crippen molar-refractivity contribution >= 4 is 11.6 Å². The Bertz CT molecular complexity index is 407. The molecule has 1 saturated heterocycles. The summed E-state index contributed by atoms with van der Waals surface area (Å²) in [6.45, 7) is 3.20. The Morgan fingerprint density at radius 2 is 2.47 bits per heavy atom. The SMILES string of the molecule is CC1CC(Nc2ccnc(C(N)=O)c2)CCN1. The highest BCUT2D eigenvalue weighted by Crippen LogP contribution is 2.16. The van der Waals surface area contributed by atoms with Crippen molar-refractivity contribution in [3.63, 3.8) is 0 Å². The molecule has 1 amide bonds. The molecule has 2 unspecified atom stereocenters. The van der Waals surface area contributed by atoms with Gasteiger partial charge in [0.25, 0.3) is 5.91 Å².